The Hall–Kier alpha value is -3.93. The molecular weight excluding hydrogens is 404 g/mol. The van der Waals surface area contributed by atoms with Crippen LogP contribution in [0.1, 0.15) is 11.1 Å². The molecule has 4 rings (SSSR count). The third-order valence-corrected chi connectivity index (χ3v) is 5.00. The second-order valence-electron chi connectivity index (χ2n) is 7.22. The molecule has 0 unspecified atom stereocenters. The van der Waals surface area contributed by atoms with Gasteiger partial charge >= 0.3 is 6.16 Å². The summed E-state index contributed by atoms with van der Waals surface area (Å²) in [7, 11) is 0. The normalized spacial score (nSPS) is 10.6. The van der Waals surface area contributed by atoms with E-state index in [0.29, 0.717) is 11.5 Å². The average Bonchev–Trinajstić information content (AvgIpc) is 2.85. The minimum absolute atomic E-state index is 0.0170. The van der Waals surface area contributed by atoms with Crippen LogP contribution in [0, 0.1) is 0 Å². The third kappa shape index (κ3) is 5.21. The molecule has 0 saturated carbocycles. The highest BCUT2D eigenvalue weighted by Gasteiger charge is 2.09. The van der Waals surface area contributed by atoms with Crippen LogP contribution in [0.15, 0.2) is 97.1 Å². The van der Waals surface area contributed by atoms with E-state index < -0.39 is 6.16 Å². The molecule has 5 heteroatoms. The second-order valence-corrected chi connectivity index (χ2v) is 7.22. The number of aliphatic hydroxyl groups is 2. The first-order valence-corrected chi connectivity index (χ1v) is 10.1. The summed E-state index contributed by atoms with van der Waals surface area (Å²) in [6, 6.07) is 29.4. The molecule has 0 radical (unpaired) electrons. The first-order chi connectivity index (χ1) is 15.6. The minimum Gasteiger partial charge on any atom is -0.395 e. The zero-order chi connectivity index (χ0) is 22.3. The van der Waals surface area contributed by atoms with Crippen LogP contribution < -0.4 is 9.47 Å². The van der Waals surface area contributed by atoms with Crippen LogP contribution >= 0.6 is 0 Å². The monoisotopic (exact) mass is 426 g/mol. The Kier molecular flexibility index (Phi) is 6.60. The molecule has 5 nitrogen and oxygen atoms in total. The van der Waals surface area contributed by atoms with Gasteiger partial charge in [-0.2, -0.15) is 0 Å². The molecule has 0 atom stereocenters. The fraction of sp³-hybridized carbons (Fsp3) is 0.0741. The number of carbonyl (C=O) groups excluding carboxylic acids is 1. The van der Waals surface area contributed by atoms with Gasteiger partial charge in [-0.3, -0.25) is 0 Å². The Morgan fingerprint density at radius 1 is 0.562 bits per heavy atom. The topological polar surface area (TPSA) is 76.0 Å². The molecule has 0 aliphatic heterocycles. The number of benzene rings is 4. The Bertz CT molecular complexity index is 1100. The van der Waals surface area contributed by atoms with E-state index in [1.807, 2.05) is 72.8 Å². The number of hydrogen-bond donors (Lipinski definition) is 2. The number of ether oxygens (including phenoxy) is 2. The Labute approximate surface area is 186 Å². The van der Waals surface area contributed by atoms with Crippen LogP contribution in [0.2, 0.25) is 0 Å². The van der Waals surface area contributed by atoms with Crippen molar-refractivity contribution < 1.29 is 24.5 Å². The lowest BCUT2D eigenvalue weighted by Crippen LogP contribution is -2.13. The Morgan fingerprint density at radius 3 is 1.34 bits per heavy atom. The quantitative estimate of drug-likeness (QED) is 0.311. The first-order valence-electron chi connectivity index (χ1n) is 10.1. The predicted molar refractivity (Wildman–Crippen MR) is 122 cm³/mol. The number of rotatable bonds is 6. The standard InChI is InChI=1S/C27H22O5/c28-17-19-3-1-5-23(15-19)21-7-11-25(12-8-21)31-27(30)32-26-13-9-22(10-14-26)24-6-2-4-20(16-24)18-29/h1-16,28-29H,17-18H2. The van der Waals surface area contributed by atoms with Crippen LogP contribution in [0.4, 0.5) is 4.79 Å². The third-order valence-electron chi connectivity index (χ3n) is 5.00. The molecule has 0 saturated heterocycles. The van der Waals surface area contributed by atoms with Crippen LogP contribution in [-0.2, 0) is 13.2 Å². The fourth-order valence-corrected chi connectivity index (χ4v) is 3.34. The largest absolute Gasteiger partial charge is 0.519 e. The van der Waals surface area contributed by atoms with E-state index in [-0.39, 0.29) is 13.2 Å². The molecule has 0 heterocycles. The van der Waals surface area contributed by atoms with Gasteiger partial charge in [-0.15, -0.1) is 0 Å². The maximum absolute atomic E-state index is 12.2. The van der Waals surface area contributed by atoms with Crippen molar-refractivity contribution >= 4 is 6.16 Å². The van der Waals surface area contributed by atoms with Crippen molar-refractivity contribution in [3.63, 3.8) is 0 Å². The molecule has 0 fully saturated rings. The molecule has 0 aliphatic rings. The smallest absolute Gasteiger partial charge is 0.395 e. The molecule has 32 heavy (non-hydrogen) atoms. The van der Waals surface area contributed by atoms with Crippen molar-refractivity contribution in [3.05, 3.63) is 108 Å². The maximum atomic E-state index is 12.2. The van der Waals surface area contributed by atoms with Gasteiger partial charge in [0.2, 0.25) is 0 Å². The van der Waals surface area contributed by atoms with Gasteiger partial charge in [0.05, 0.1) is 13.2 Å². The van der Waals surface area contributed by atoms with E-state index in [1.54, 1.807) is 24.3 Å². The number of carbonyl (C=O) groups is 1. The Balaban J connectivity index is 1.38. The van der Waals surface area contributed by atoms with E-state index in [2.05, 4.69) is 0 Å². The molecular formula is C27H22O5. The van der Waals surface area contributed by atoms with Gasteiger partial charge in [-0.1, -0.05) is 60.7 Å². The van der Waals surface area contributed by atoms with Crippen LogP contribution in [0.3, 0.4) is 0 Å². The summed E-state index contributed by atoms with van der Waals surface area (Å²) in [5, 5.41) is 18.6. The van der Waals surface area contributed by atoms with Gasteiger partial charge in [0.1, 0.15) is 11.5 Å². The highest BCUT2D eigenvalue weighted by atomic mass is 16.7. The number of hydrogen-bond acceptors (Lipinski definition) is 5. The van der Waals surface area contributed by atoms with Crippen LogP contribution in [0.25, 0.3) is 22.3 Å². The first kappa shape index (κ1) is 21.3. The van der Waals surface area contributed by atoms with Crippen molar-refractivity contribution in [2.24, 2.45) is 0 Å². The lowest BCUT2D eigenvalue weighted by Gasteiger charge is -2.08. The van der Waals surface area contributed by atoms with E-state index in [9.17, 15) is 15.0 Å². The summed E-state index contributed by atoms with van der Waals surface area (Å²) in [6.45, 7) is -0.0339. The van der Waals surface area contributed by atoms with Crippen molar-refractivity contribution in [2.45, 2.75) is 13.2 Å². The summed E-state index contributed by atoms with van der Waals surface area (Å²) in [5.41, 5.74) is 5.49. The summed E-state index contributed by atoms with van der Waals surface area (Å²) in [5.74, 6) is 0.740. The molecule has 0 amide bonds. The van der Waals surface area contributed by atoms with Crippen LogP contribution in [0.5, 0.6) is 11.5 Å². The van der Waals surface area contributed by atoms with Gasteiger partial charge in [-0.25, -0.2) is 4.79 Å². The van der Waals surface area contributed by atoms with Gasteiger partial charge in [-0.05, 0) is 69.8 Å². The summed E-state index contributed by atoms with van der Waals surface area (Å²) in [6.07, 6.45) is -0.824. The lowest BCUT2D eigenvalue weighted by molar-refractivity contribution is 0.152. The van der Waals surface area contributed by atoms with Crippen molar-refractivity contribution in [1.82, 2.24) is 0 Å². The zero-order valence-corrected chi connectivity index (χ0v) is 17.3. The number of aliphatic hydroxyl groups excluding tert-OH is 2. The molecule has 160 valence electrons. The van der Waals surface area contributed by atoms with Gasteiger partial charge in [0.15, 0.2) is 0 Å². The molecule has 0 bridgehead atoms. The van der Waals surface area contributed by atoms with E-state index >= 15 is 0 Å². The van der Waals surface area contributed by atoms with Crippen molar-refractivity contribution in [2.75, 3.05) is 0 Å². The highest BCUT2D eigenvalue weighted by Crippen LogP contribution is 2.25. The SMILES string of the molecule is O=C(Oc1ccc(-c2cccc(CO)c2)cc1)Oc1ccc(-c2cccc(CO)c2)cc1. The van der Waals surface area contributed by atoms with Gasteiger partial charge in [0.25, 0.3) is 0 Å². The zero-order valence-electron chi connectivity index (χ0n) is 17.3. The summed E-state index contributed by atoms with van der Waals surface area (Å²) < 4.78 is 10.5. The molecule has 4 aromatic carbocycles. The Morgan fingerprint density at radius 2 is 0.969 bits per heavy atom. The predicted octanol–water partition coefficient (Wildman–Crippen LogP) is 5.58. The van der Waals surface area contributed by atoms with Gasteiger partial charge < -0.3 is 19.7 Å². The lowest BCUT2D eigenvalue weighted by atomic mass is 10.0. The second kappa shape index (κ2) is 9.92. The molecule has 0 aromatic heterocycles. The van der Waals surface area contributed by atoms with E-state index in [0.717, 1.165) is 33.4 Å². The molecule has 0 aliphatic carbocycles. The molecule has 0 spiro atoms. The van der Waals surface area contributed by atoms with Gasteiger partial charge in [0, 0.05) is 0 Å². The highest BCUT2D eigenvalue weighted by molar-refractivity contribution is 5.70. The van der Waals surface area contributed by atoms with Crippen molar-refractivity contribution in [3.8, 4) is 33.8 Å². The van der Waals surface area contributed by atoms with E-state index in [4.69, 9.17) is 9.47 Å². The average molecular weight is 426 g/mol. The fourth-order valence-electron chi connectivity index (χ4n) is 3.34. The maximum Gasteiger partial charge on any atom is 0.519 e. The minimum atomic E-state index is -0.824. The van der Waals surface area contributed by atoms with Crippen molar-refractivity contribution in [1.29, 1.82) is 0 Å². The van der Waals surface area contributed by atoms with Crippen LogP contribution in [-0.4, -0.2) is 16.4 Å². The van der Waals surface area contributed by atoms with E-state index in [1.165, 1.54) is 0 Å². The molecule has 4 aromatic rings. The summed E-state index contributed by atoms with van der Waals surface area (Å²) >= 11 is 0. The molecule has 2 N–H and O–H groups in total. The summed E-state index contributed by atoms with van der Waals surface area (Å²) in [4.78, 5) is 12.2.